The maximum atomic E-state index is 13.8. The predicted molar refractivity (Wildman–Crippen MR) is 135 cm³/mol. The van der Waals surface area contributed by atoms with E-state index in [0.29, 0.717) is 18.9 Å². The number of amides is 1. The first-order valence-corrected chi connectivity index (χ1v) is 11.6. The SMILES string of the molecule is Cc1ccc(-n2nc(C(=O)N(CCc3ccccc3)Cc3ccccc3)nc2-c2ccoc2)cc1. The van der Waals surface area contributed by atoms with Crippen molar-refractivity contribution in [1.82, 2.24) is 19.7 Å². The van der Waals surface area contributed by atoms with E-state index in [-0.39, 0.29) is 11.7 Å². The molecule has 0 aliphatic rings. The Balaban J connectivity index is 1.49. The van der Waals surface area contributed by atoms with Gasteiger partial charge in [0.25, 0.3) is 5.91 Å². The standard InChI is InChI=1S/C29H26N4O2/c1-22-12-14-26(15-13-22)33-28(25-17-19-35-21-25)30-27(31-33)29(34)32(20-24-10-6-3-7-11-24)18-16-23-8-4-2-5-9-23/h2-15,17,19,21H,16,18,20H2,1H3. The quantitative estimate of drug-likeness (QED) is 0.296. The molecule has 0 saturated carbocycles. The number of carbonyl (C=O) groups is 1. The van der Waals surface area contributed by atoms with Gasteiger partial charge in [-0.3, -0.25) is 4.79 Å². The highest BCUT2D eigenvalue weighted by Crippen LogP contribution is 2.23. The van der Waals surface area contributed by atoms with Crippen LogP contribution in [0.5, 0.6) is 0 Å². The summed E-state index contributed by atoms with van der Waals surface area (Å²) in [5, 5.41) is 4.66. The molecular formula is C29H26N4O2. The molecule has 3 aromatic carbocycles. The molecule has 0 fully saturated rings. The number of benzene rings is 3. The highest BCUT2D eigenvalue weighted by Gasteiger charge is 2.24. The number of carbonyl (C=O) groups excluding carboxylic acids is 1. The predicted octanol–water partition coefficient (Wildman–Crippen LogP) is 5.72. The fourth-order valence-electron chi connectivity index (χ4n) is 3.95. The Morgan fingerprint density at radius 1 is 0.886 bits per heavy atom. The molecular weight excluding hydrogens is 436 g/mol. The van der Waals surface area contributed by atoms with Crippen molar-refractivity contribution in [3.63, 3.8) is 0 Å². The van der Waals surface area contributed by atoms with Crippen molar-refractivity contribution >= 4 is 5.91 Å². The van der Waals surface area contributed by atoms with Gasteiger partial charge in [-0.1, -0.05) is 78.4 Å². The van der Waals surface area contributed by atoms with Crippen LogP contribution in [-0.4, -0.2) is 32.1 Å². The molecule has 6 heteroatoms. The number of hydrogen-bond acceptors (Lipinski definition) is 4. The second-order valence-electron chi connectivity index (χ2n) is 8.47. The van der Waals surface area contributed by atoms with E-state index < -0.39 is 0 Å². The highest BCUT2D eigenvalue weighted by atomic mass is 16.3. The van der Waals surface area contributed by atoms with Crippen LogP contribution in [0.2, 0.25) is 0 Å². The van der Waals surface area contributed by atoms with Crippen LogP contribution >= 0.6 is 0 Å². The maximum absolute atomic E-state index is 13.8. The number of aryl methyl sites for hydroxylation is 1. The van der Waals surface area contributed by atoms with Crippen LogP contribution < -0.4 is 0 Å². The molecule has 0 saturated heterocycles. The molecule has 0 bridgehead atoms. The van der Waals surface area contributed by atoms with Crippen molar-refractivity contribution < 1.29 is 9.21 Å². The van der Waals surface area contributed by atoms with Gasteiger partial charge in [0.1, 0.15) is 6.26 Å². The van der Waals surface area contributed by atoms with Gasteiger partial charge in [-0.05, 0) is 42.7 Å². The largest absolute Gasteiger partial charge is 0.472 e. The van der Waals surface area contributed by atoms with E-state index in [9.17, 15) is 4.79 Å². The van der Waals surface area contributed by atoms with Crippen molar-refractivity contribution in [2.45, 2.75) is 19.9 Å². The summed E-state index contributed by atoms with van der Waals surface area (Å²) in [7, 11) is 0. The molecule has 35 heavy (non-hydrogen) atoms. The minimum Gasteiger partial charge on any atom is -0.472 e. The van der Waals surface area contributed by atoms with Crippen molar-refractivity contribution in [3.05, 3.63) is 126 Å². The summed E-state index contributed by atoms with van der Waals surface area (Å²) in [5.41, 5.74) is 4.97. The lowest BCUT2D eigenvalue weighted by Crippen LogP contribution is -2.33. The Bertz CT molecular complexity index is 1380. The smallest absolute Gasteiger partial charge is 0.293 e. The number of rotatable bonds is 8. The van der Waals surface area contributed by atoms with Gasteiger partial charge in [-0.25, -0.2) is 9.67 Å². The molecule has 1 amide bonds. The Hall–Kier alpha value is -4.45. The fraction of sp³-hybridized carbons (Fsp3) is 0.138. The zero-order valence-electron chi connectivity index (χ0n) is 19.5. The van der Waals surface area contributed by atoms with Gasteiger partial charge >= 0.3 is 0 Å². The Morgan fingerprint density at radius 2 is 1.57 bits per heavy atom. The molecule has 0 atom stereocenters. The molecule has 6 nitrogen and oxygen atoms in total. The third-order valence-electron chi connectivity index (χ3n) is 5.87. The lowest BCUT2D eigenvalue weighted by atomic mass is 10.1. The first-order valence-electron chi connectivity index (χ1n) is 11.6. The van der Waals surface area contributed by atoms with Crippen molar-refractivity contribution in [2.24, 2.45) is 0 Å². The van der Waals surface area contributed by atoms with Gasteiger partial charge in [0.15, 0.2) is 5.82 Å². The second-order valence-corrected chi connectivity index (χ2v) is 8.47. The molecule has 5 rings (SSSR count). The van der Waals surface area contributed by atoms with Gasteiger partial charge in [0.2, 0.25) is 5.82 Å². The topological polar surface area (TPSA) is 64.2 Å². The zero-order valence-corrected chi connectivity index (χ0v) is 19.5. The average Bonchev–Trinajstić information content (AvgIpc) is 3.58. The normalized spacial score (nSPS) is 10.9. The fourth-order valence-corrected chi connectivity index (χ4v) is 3.95. The van der Waals surface area contributed by atoms with E-state index in [1.807, 2.05) is 90.7 Å². The van der Waals surface area contributed by atoms with E-state index in [4.69, 9.17) is 4.42 Å². The molecule has 2 aromatic heterocycles. The Kier molecular flexibility index (Phi) is 6.52. The molecule has 0 aliphatic carbocycles. The van der Waals surface area contributed by atoms with Crippen LogP contribution in [0.3, 0.4) is 0 Å². The van der Waals surface area contributed by atoms with E-state index in [1.54, 1.807) is 17.2 Å². The third kappa shape index (κ3) is 5.22. The summed E-state index contributed by atoms with van der Waals surface area (Å²) in [6.07, 6.45) is 3.94. The summed E-state index contributed by atoms with van der Waals surface area (Å²) in [4.78, 5) is 20.2. The van der Waals surface area contributed by atoms with Crippen LogP contribution in [0.15, 0.2) is 108 Å². The van der Waals surface area contributed by atoms with E-state index >= 15 is 0 Å². The summed E-state index contributed by atoms with van der Waals surface area (Å²) >= 11 is 0. The molecule has 0 aliphatic heterocycles. The lowest BCUT2D eigenvalue weighted by Gasteiger charge is -2.21. The van der Waals surface area contributed by atoms with Crippen molar-refractivity contribution in [2.75, 3.05) is 6.54 Å². The van der Waals surface area contributed by atoms with Gasteiger partial charge in [-0.2, -0.15) is 0 Å². The summed E-state index contributed by atoms with van der Waals surface area (Å²) in [6.45, 7) is 3.07. The van der Waals surface area contributed by atoms with Crippen molar-refractivity contribution in [3.8, 4) is 17.1 Å². The monoisotopic (exact) mass is 462 g/mol. The van der Waals surface area contributed by atoms with Gasteiger partial charge < -0.3 is 9.32 Å². The Morgan fingerprint density at radius 3 is 2.23 bits per heavy atom. The zero-order chi connectivity index (χ0) is 24.0. The van der Waals surface area contributed by atoms with Crippen LogP contribution in [0.4, 0.5) is 0 Å². The maximum Gasteiger partial charge on any atom is 0.293 e. The minimum absolute atomic E-state index is 0.158. The Labute approximate surface area is 204 Å². The molecule has 2 heterocycles. The molecule has 5 aromatic rings. The summed E-state index contributed by atoms with van der Waals surface area (Å²) in [6, 6.07) is 30.0. The van der Waals surface area contributed by atoms with Crippen LogP contribution in [0, 0.1) is 6.92 Å². The van der Waals surface area contributed by atoms with Gasteiger partial charge in [0.05, 0.1) is 17.5 Å². The number of hydrogen-bond donors (Lipinski definition) is 0. The molecule has 0 radical (unpaired) electrons. The summed E-state index contributed by atoms with van der Waals surface area (Å²) < 4.78 is 6.99. The first kappa shape index (κ1) is 22.3. The molecule has 0 spiro atoms. The minimum atomic E-state index is -0.208. The second kappa shape index (κ2) is 10.2. The molecule has 0 N–H and O–H groups in total. The van der Waals surface area contributed by atoms with Crippen LogP contribution in [0.25, 0.3) is 17.1 Å². The first-order chi connectivity index (χ1) is 17.2. The van der Waals surface area contributed by atoms with E-state index in [0.717, 1.165) is 28.8 Å². The van der Waals surface area contributed by atoms with E-state index in [2.05, 4.69) is 22.2 Å². The highest BCUT2D eigenvalue weighted by molar-refractivity contribution is 5.91. The average molecular weight is 463 g/mol. The number of aromatic nitrogens is 3. The summed E-state index contributed by atoms with van der Waals surface area (Å²) in [5.74, 6) is 0.514. The van der Waals surface area contributed by atoms with Crippen molar-refractivity contribution in [1.29, 1.82) is 0 Å². The van der Waals surface area contributed by atoms with Crippen LogP contribution in [0.1, 0.15) is 27.3 Å². The molecule has 0 unspecified atom stereocenters. The van der Waals surface area contributed by atoms with Crippen LogP contribution in [-0.2, 0) is 13.0 Å². The number of nitrogens with zero attached hydrogens (tertiary/aromatic N) is 4. The third-order valence-corrected chi connectivity index (χ3v) is 5.87. The van der Waals surface area contributed by atoms with Gasteiger partial charge in [0, 0.05) is 13.1 Å². The van der Waals surface area contributed by atoms with Gasteiger partial charge in [-0.15, -0.1) is 5.10 Å². The number of furan rings is 1. The lowest BCUT2D eigenvalue weighted by molar-refractivity contribution is 0.0733. The van der Waals surface area contributed by atoms with E-state index in [1.165, 1.54) is 5.56 Å². The molecule has 174 valence electrons.